The summed E-state index contributed by atoms with van der Waals surface area (Å²) in [6, 6.07) is 0.615. The summed E-state index contributed by atoms with van der Waals surface area (Å²) in [4.78, 5) is 2.36. The van der Waals surface area contributed by atoms with E-state index in [0.29, 0.717) is 6.04 Å². The molecule has 0 rings (SSSR count). The minimum Gasteiger partial charge on any atom is -0.395 e. The summed E-state index contributed by atoms with van der Waals surface area (Å²) >= 11 is 0. The van der Waals surface area contributed by atoms with E-state index in [0.717, 1.165) is 13.1 Å². The highest BCUT2D eigenvalue weighted by atomic mass is 16.3. The second kappa shape index (κ2) is 7.56. The van der Waals surface area contributed by atoms with E-state index in [-0.39, 0.29) is 6.61 Å². The van der Waals surface area contributed by atoms with Gasteiger partial charge in [0.25, 0.3) is 0 Å². The first-order valence-corrected chi connectivity index (χ1v) is 5.11. The van der Waals surface area contributed by atoms with E-state index >= 15 is 0 Å². The van der Waals surface area contributed by atoms with Crippen molar-refractivity contribution in [3.63, 3.8) is 0 Å². The second-order valence-corrected chi connectivity index (χ2v) is 3.37. The maximum atomic E-state index is 8.84. The van der Waals surface area contributed by atoms with Gasteiger partial charge in [-0.25, -0.2) is 0 Å². The Bertz CT molecular complexity index is 95.8. The Kier molecular flexibility index (Phi) is 7.51. The summed E-state index contributed by atoms with van der Waals surface area (Å²) < 4.78 is 0. The van der Waals surface area contributed by atoms with Gasteiger partial charge in [0.2, 0.25) is 0 Å². The van der Waals surface area contributed by atoms with Crippen molar-refractivity contribution in [1.29, 1.82) is 0 Å². The first-order valence-electron chi connectivity index (χ1n) is 5.11. The number of hydrogen-bond acceptors (Lipinski definition) is 2. The summed E-state index contributed by atoms with van der Waals surface area (Å²) in [5.74, 6) is 0. The molecule has 0 radical (unpaired) electrons. The van der Waals surface area contributed by atoms with Crippen molar-refractivity contribution in [2.75, 3.05) is 19.7 Å². The van der Waals surface area contributed by atoms with E-state index in [4.69, 9.17) is 5.11 Å². The summed E-state index contributed by atoms with van der Waals surface area (Å²) in [5, 5.41) is 8.84. The molecule has 2 nitrogen and oxygen atoms in total. The quantitative estimate of drug-likeness (QED) is 0.635. The Morgan fingerprint density at radius 3 is 2.33 bits per heavy atom. The standard InChI is InChI=1S/C10H23NO/c1-4-6-7-11(8-9-12)10(3)5-2/h10,12H,4-9H2,1-3H3. The lowest BCUT2D eigenvalue weighted by Crippen LogP contribution is -2.35. The normalized spacial score (nSPS) is 13.8. The van der Waals surface area contributed by atoms with Gasteiger partial charge in [0.05, 0.1) is 6.61 Å². The first kappa shape index (κ1) is 11.9. The largest absolute Gasteiger partial charge is 0.395 e. The van der Waals surface area contributed by atoms with Crippen molar-refractivity contribution in [3.8, 4) is 0 Å². The number of nitrogens with zero attached hydrogens (tertiary/aromatic N) is 1. The molecule has 0 saturated heterocycles. The second-order valence-electron chi connectivity index (χ2n) is 3.37. The summed E-state index contributed by atoms with van der Waals surface area (Å²) in [6.45, 7) is 8.87. The molecule has 1 atom stereocenters. The average Bonchev–Trinajstić information content (AvgIpc) is 2.11. The van der Waals surface area contributed by atoms with Crippen LogP contribution in [0.25, 0.3) is 0 Å². The van der Waals surface area contributed by atoms with Crippen molar-refractivity contribution in [2.45, 2.75) is 46.1 Å². The summed E-state index contributed by atoms with van der Waals surface area (Å²) in [6.07, 6.45) is 3.65. The zero-order valence-electron chi connectivity index (χ0n) is 8.71. The number of rotatable bonds is 7. The van der Waals surface area contributed by atoms with E-state index < -0.39 is 0 Å². The molecule has 0 fully saturated rings. The monoisotopic (exact) mass is 173 g/mol. The van der Waals surface area contributed by atoms with Gasteiger partial charge in [-0.3, -0.25) is 4.90 Å². The molecule has 0 aliphatic heterocycles. The molecular formula is C10H23NO. The number of unbranched alkanes of at least 4 members (excludes halogenated alkanes) is 1. The van der Waals surface area contributed by atoms with Crippen molar-refractivity contribution >= 4 is 0 Å². The van der Waals surface area contributed by atoms with Gasteiger partial charge >= 0.3 is 0 Å². The van der Waals surface area contributed by atoms with E-state index in [1.165, 1.54) is 19.3 Å². The van der Waals surface area contributed by atoms with Crippen LogP contribution in [0.2, 0.25) is 0 Å². The molecule has 1 unspecified atom stereocenters. The van der Waals surface area contributed by atoms with Crippen LogP contribution < -0.4 is 0 Å². The fourth-order valence-corrected chi connectivity index (χ4v) is 1.30. The van der Waals surface area contributed by atoms with Crippen LogP contribution in [0.15, 0.2) is 0 Å². The van der Waals surface area contributed by atoms with Crippen LogP contribution in [0.3, 0.4) is 0 Å². The van der Waals surface area contributed by atoms with Gasteiger partial charge in [-0.15, -0.1) is 0 Å². The lowest BCUT2D eigenvalue weighted by molar-refractivity contribution is 0.153. The Hall–Kier alpha value is -0.0800. The highest BCUT2D eigenvalue weighted by molar-refractivity contribution is 4.64. The van der Waals surface area contributed by atoms with Crippen LogP contribution in [0.1, 0.15) is 40.0 Å². The zero-order valence-corrected chi connectivity index (χ0v) is 8.71. The van der Waals surface area contributed by atoms with Crippen molar-refractivity contribution in [1.82, 2.24) is 4.90 Å². The van der Waals surface area contributed by atoms with Gasteiger partial charge in [0, 0.05) is 12.6 Å². The fraction of sp³-hybridized carbons (Fsp3) is 1.00. The lowest BCUT2D eigenvalue weighted by atomic mass is 10.2. The molecule has 12 heavy (non-hydrogen) atoms. The van der Waals surface area contributed by atoms with Crippen LogP contribution in [0.5, 0.6) is 0 Å². The van der Waals surface area contributed by atoms with Crippen molar-refractivity contribution in [3.05, 3.63) is 0 Å². The third-order valence-corrected chi connectivity index (χ3v) is 2.40. The highest BCUT2D eigenvalue weighted by Crippen LogP contribution is 2.04. The maximum Gasteiger partial charge on any atom is 0.0558 e. The Morgan fingerprint density at radius 1 is 1.25 bits per heavy atom. The lowest BCUT2D eigenvalue weighted by Gasteiger charge is -2.27. The molecule has 0 amide bonds. The van der Waals surface area contributed by atoms with Crippen LogP contribution in [-0.2, 0) is 0 Å². The fourth-order valence-electron chi connectivity index (χ4n) is 1.30. The molecule has 0 heterocycles. The van der Waals surface area contributed by atoms with Gasteiger partial charge in [-0.2, -0.15) is 0 Å². The molecule has 0 spiro atoms. The first-order chi connectivity index (χ1) is 5.76. The van der Waals surface area contributed by atoms with Crippen LogP contribution in [0.4, 0.5) is 0 Å². The van der Waals surface area contributed by atoms with E-state index in [2.05, 4.69) is 25.7 Å². The van der Waals surface area contributed by atoms with E-state index in [1.807, 2.05) is 0 Å². The SMILES string of the molecule is CCCCN(CCO)C(C)CC. The Labute approximate surface area is 76.6 Å². The van der Waals surface area contributed by atoms with Crippen LogP contribution in [-0.4, -0.2) is 35.7 Å². The smallest absolute Gasteiger partial charge is 0.0558 e. The van der Waals surface area contributed by atoms with Gasteiger partial charge in [-0.1, -0.05) is 20.3 Å². The predicted octanol–water partition coefficient (Wildman–Crippen LogP) is 1.88. The minimum absolute atomic E-state index is 0.286. The topological polar surface area (TPSA) is 23.5 Å². The van der Waals surface area contributed by atoms with Gasteiger partial charge in [-0.05, 0) is 26.3 Å². The third-order valence-electron chi connectivity index (χ3n) is 2.40. The molecule has 1 N–H and O–H groups in total. The van der Waals surface area contributed by atoms with Gasteiger partial charge < -0.3 is 5.11 Å². The van der Waals surface area contributed by atoms with E-state index in [9.17, 15) is 0 Å². The highest BCUT2D eigenvalue weighted by Gasteiger charge is 2.09. The van der Waals surface area contributed by atoms with E-state index in [1.54, 1.807) is 0 Å². The molecule has 0 aliphatic carbocycles. The van der Waals surface area contributed by atoms with Crippen molar-refractivity contribution < 1.29 is 5.11 Å². The predicted molar refractivity (Wildman–Crippen MR) is 53.3 cm³/mol. The summed E-state index contributed by atoms with van der Waals surface area (Å²) in [7, 11) is 0. The van der Waals surface area contributed by atoms with Crippen LogP contribution >= 0.6 is 0 Å². The molecular weight excluding hydrogens is 150 g/mol. The molecule has 0 saturated carbocycles. The number of aliphatic hydroxyl groups excluding tert-OH is 1. The summed E-state index contributed by atoms with van der Waals surface area (Å²) in [5.41, 5.74) is 0. The zero-order chi connectivity index (χ0) is 9.40. The average molecular weight is 173 g/mol. The number of aliphatic hydroxyl groups is 1. The van der Waals surface area contributed by atoms with Crippen LogP contribution in [0, 0.1) is 0 Å². The molecule has 2 heteroatoms. The molecule has 0 aliphatic rings. The Balaban J connectivity index is 3.68. The molecule has 0 aromatic rings. The third kappa shape index (κ3) is 4.73. The Morgan fingerprint density at radius 2 is 1.92 bits per heavy atom. The van der Waals surface area contributed by atoms with Gasteiger partial charge in [0.15, 0.2) is 0 Å². The van der Waals surface area contributed by atoms with Crippen molar-refractivity contribution in [2.24, 2.45) is 0 Å². The number of hydrogen-bond donors (Lipinski definition) is 1. The maximum absolute atomic E-state index is 8.84. The molecule has 0 bridgehead atoms. The molecule has 0 aromatic heterocycles. The molecule has 74 valence electrons. The minimum atomic E-state index is 0.286. The molecule has 0 aromatic carbocycles. The van der Waals surface area contributed by atoms with Gasteiger partial charge in [0.1, 0.15) is 0 Å².